The maximum Gasteiger partial charge on any atom is 0.357 e. The lowest BCUT2D eigenvalue weighted by molar-refractivity contribution is 0.214. The van der Waals surface area contributed by atoms with Crippen LogP contribution in [0.3, 0.4) is 0 Å². The predicted octanol–water partition coefficient (Wildman–Crippen LogP) is 5.57. The van der Waals surface area contributed by atoms with Crippen LogP contribution in [0.2, 0.25) is 0 Å². The van der Waals surface area contributed by atoms with Crippen molar-refractivity contribution < 1.29 is 27.1 Å². The molecule has 0 aromatic heterocycles. The number of sulfonamides is 1. The first kappa shape index (κ1) is 24.8. The summed E-state index contributed by atoms with van der Waals surface area (Å²) in [6.45, 7) is 3.73. The van der Waals surface area contributed by atoms with E-state index in [1.165, 1.54) is 24.3 Å². The zero-order chi connectivity index (χ0) is 23.9. The monoisotopic (exact) mass is 490 g/mol. The fraction of sp³-hybridized carbons (Fsp3) is 0.217. The van der Waals surface area contributed by atoms with E-state index in [4.69, 9.17) is 9.05 Å². The topological polar surface area (TPSA) is 114 Å². The van der Waals surface area contributed by atoms with Gasteiger partial charge in [-0.3, -0.25) is 9.29 Å². The van der Waals surface area contributed by atoms with Crippen molar-refractivity contribution in [1.29, 1.82) is 0 Å². The van der Waals surface area contributed by atoms with Crippen molar-refractivity contribution in [3.05, 3.63) is 84.4 Å². The molecule has 0 spiro atoms. The quantitative estimate of drug-likeness (QED) is 0.301. The highest BCUT2D eigenvalue weighted by atomic mass is 32.2. The number of hydrogen-bond donors (Lipinski definition) is 3. The van der Waals surface area contributed by atoms with Crippen molar-refractivity contribution in [3.8, 4) is 5.75 Å². The van der Waals surface area contributed by atoms with Crippen molar-refractivity contribution in [2.45, 2.75) is 24.5 Å². The number of para-hydroxylation sites is 1. The Morgan fingerprint density at radius 3 is 2.09 bits per heavy atom. The first-order chi connectivity index (χ1) is 15.8. The Labute approximate surface area is 194 Å². The minimum absolute atomic E-state index is 0.0310. The molecule has 0 aliphatic heterocycles. The summed E-state index contributed by atoms with van der Waals surface area (Å²) >= 11 is 0. The van der Waals surface area contributed by atoms with Gasteiger partial charge in [0.2, 0.25) is 0 Å². The van der Waals surface area contributed by atoms with E-state index >= 15 is 0 Å². The molecule has 1 unspecified atom stereocenters. The van der Waals surface area contributed by atoms with Crippen molar-refractivity contribution in [2.75, 3.05) is 23.3 Å². The first-order valence-corrected chi connectivity index (χ1v) is 13.5. The number of phenolic OH excluding ortho intramolecular Hbond substituents is 1. The smallest absolute Gasteiger partial charge is 0.357 e. The lowest BCUT2D eigenvalue weighted by Gasteiger charge is -2.28. The molecule has 3 N–H and O–H groups in total. The summed E-state index contributed by atoms with van der Waals surface area (Å²) in [6, 6.07) is 20.9. The molecule has 0 radical (unpaired) electrons. The van der Waals surface area contributed by atoms with Crippen LogP contribution in [-0.2, 0) is 23.6 Å². The average molecular weight is 491 g/mol. The lowest BCUT2D eigenvalue weighted by Crippen LogP contribution is -2.16. The first-order valence-electron chi connectivity index (χ1n) is 10.4. The van der Waals surface area contributed by atoms with Crippen LogP contribution < -0.4 is 10.0 Å². The van der Waals surface area contributed by atoms with Gasteiger partial charge in [-0.15, -0.1) is 0 Å². The van der Waals surface area contributed by atoms with Gasteiger partial charge in [-0.2, -0.15) is 0 Å². The highest BCUT2D eigenvalue weighted by molar-refractivity contribution is 7.92. The fourth-order valence-electron chi connectivity index (χ4n) is 3.18. The van der Waals surface area contributed by atoms with Crippen LogP contribution in [0.4, 0.5) is 11.4 Å². The largest absolute Gasteiger partial charge is 0.508 e. The van der Waals surface area contributed by atoms with Gasteiger partial charge in [-0.25, -0.2) is 8.42 Å². The molecular weight excluding hydrogens is 463 g/mol. The molecule has 0 aliphatic rings. The molecular formula is C23H27N2O6PS. The highest BCUT2D eigenvalue weighted by Gasteiger charge is 2.37. The molecule has 8 nitrogen and oxygen atoms in total. The third-order valence-electron chi connectivity index (χ3n) is 4.62. The van der Waals surface area contributed by atoms with Crippen molar-refractivity contribution in [1.82, 2.24) is 0 Å². The normalized spacial score (nSPS) is 12.8. The van der Waals surface area contributed by atoms with E-state index in [-0.39, 0.29) is 23.9 Å². The molecule has 33 heavy (non-hydrogen) atoms. The second kappa shape index (κ2) is 10.9. The molecule has 0 heterocycles. The van der Waals surface area contributed by atoms with E-state index in [9.17, 15) is 18.1 Å². The SMILES string of the molecule is CCOP(=O)(OCC)C(Nc1cccc(S(=O)(=O)Nc2ccccc2)c1)c1ccc(O)cc1. The van der Waals surface area contributed by atoms with Gasteiger partial charge in [0.25, 0.3) is 10.0 Å². The third kappa shape index (κ3) is 6.36. The number of anilines is 2. The van der Waals surface area contributed by atoms with Crippen LogP contribution in [-0.4, -0.2) is 26.7 Å². The summed E-state index contributed by atoms with van der Waals surface area (Å²) in [5.74, 6) is -0.877. The molecule has 3 aromatic carbocycles. The summed E-state index contributed by atoms with van der Waals surface area (Å²) in [7, 11) is -7.55. The minimum atomic E-state index is -3.85. The maximum atomic E-state index is 13.6. The number of rotatable bonds is 11. The lowest BCUT2D eigenvalue weighted by atomic mass is 10.2. The number of aromatic hydroxyl groups is 1. The van der Waals surface area contributed by atoms with Gasteiger partial charge in [0, 0.05) is 11.4 Å². The van der Waals surface area contributed by atoms with E-state index in [1.807, 2.05) is 0 Å². The number of hydrogen-bond acceptors (Lipinski definition) is 7. The van der Waals surface area contributed by atoms with Gasteiger partial charge in [0.1, 0.15) is 5.75 Å². The highest BCUT2D eigenvalue weighted by Crippen LogP contribution is 2.60. The maximum absolute atomic E-state index is 13.6. The average Bonchev–Trinajstić information content (AvgIpc) is 2.79. The van der Waals surface area contributed by atoms with Crippen molar-refractivity contribution in [3.63, 3.8) is 0 Å². The van der Waals surface area contributed by atoms with Crippen molar-refractivity contribution >= 4 is 29.0 Å². The molecule has 0 fully saturated rings. The Bertz CT molecular complexity index is 1190. The second-order valence-corrected chi connectivity index (χ2v) is 10.8. The Kier molecular flexibility index (Phi) is 8.15. The summed E-state index contributed by atoms with van der Waals surface area (Å²) < 4.78 is 53.0. The van der Waals surface area contributed by atoms with Gasteiger partial charge in [0.15, 0.2) is 5.78 Å². The van der Waals surface area contributed by atoms with Gasteiger partial charge < -0.3 is 19.5 Å². The molecule has 3 aromatic rings. The second-order valence-electron chi connectivity index (χ2n) is 7.01. The summed E-state index contributed by atoms with van der Waals surface area (Å²) in [5, 5.41) is 12.8. The summed E-state index contributed by atoms with van der Waals surface area (Å²) in [4.78, 5) is 0.0310. The number of benzene rings is 3. The molecule has 1 atom stereocenters. The molecule has 0 bridgehead atoms. The van der Waals surface area contributed by atoms with Crippen LogP contribution in [0, 0.1) is 0 Å². The summed E-state index contributed by atoms with van der Waals surface area (Å²) in [5.41, 5.74) is 1.40. The van der Waals surface area contributed by atoms with E-state index in [0.29, 0.717) is 16.9 Å². The third-order valence-corrected chi connectivity index (χ3v) is 8.29. The standard InChI is InChI=1S/C23H27N2O6PS/c1-3-30-32(27,31-4-2)23(18-13-15-21(26)16-14-18)24-20-11-8-12-22(17-20)33(28,29)25-19-9-6-5-7-10-19/h5-17,23-26H,3-4H2,1-2H3. The fourth-order valence-corrected chi connectivity index (χ4v) is 6.22. The zero-order valence-corrected chi connectivity index (χ0v) is 20.1. The van der Waals surface area contributed by atoms with Crippen LogP contribution in [0.1, 0.15) is 25.2 Å². The molecule has 0 aliphatic carbocycles. The van der Waals surface area contributed by atoms with E-state index in [0.717, 1.165) is 0 Å². The Morgan fingerprint density at radius 2 is 1.48 bits per heavy atom. The van der Waals surface area contributed by atoms with E-state index < -0.39 is 23.4 Å². The molecule has 0 saturated heterocycles. The van der Waals surface area contributed by atoms with Gasteiger partial charge in [-0.05, 0) is 61.9 Å². The van der Waals surface area contributed by atoms with Gasteiger partial charge in [0.05, 0.1) is 18.1 Å². The molecule has 3 rings (SSSR count). The Morgan fingerprint density at radius 1 is 0.879 bits per heavy atom. The van der Waals surface area contributed by atoms with E-state index in [1.54, 1.807) is 68.4 Å². The van der Waals surface area contributed by atoms with Gasteiger partial charge >= 0.3 is 7.60 Å². The molecule has 176 valence electrons. The van der Waals surface area contributed by atoms with Crippen LogP contribution >= 0.6 is 7.60 Å². The Balaban J connectivity index is 1.96. The minimum Gasteiger partial charge on any atom is -0.508 e. The van der Waals surface area contributed by atoms with Gasteiger partial charge in [-0.1, -0.05) is 36.4 Å². The molecule has 10 heteroatoms. The van der Waals surface area contributed by atoms with Crippen LogP contribution in [0.15, 0.2) is 83.8 Å². The summed E-state index contributed by atoms with van der Waals surface area (Å²) in [6.07, 6.45) is 0. The number of phenols is 1. The zero-order valence-electron chi connectivity index (χ0n) is 18.3. The number of nitrogens with one attached hydrogen (secondary N) is 2. The predicted molar refractivity (Wildman–Crippen MR) is 129 cm³/mol. The Hall–Kier alpha value is -2.84. The van der Waals surface area contributed by atoms with E-state index in [2.05, 4.69) is 10.0 Å². The molecule has 0 amide bonds. The van der Waals surface area contributed by atoms with Crippen molar-refractivity contribution in [2.24, 2.45) is 0 Å². The van der Waals surface area contributed by atoms with Crippen LogP contribution in [0.5, 0.6) is 5.75 Å². The molecule has 0 saturated carbocycles. The van der Waals surface area contributed by atoms with Crippen LogP contribution in [0.25, 0.3) is 0 Å².